The van der Waals surface area contributed by atoms with Gasteiger partial charge in [-0.1, -0.05) is 33.1 Å². The van der Waals surface area contributed by atoms with Crippen molar-refractivity contribution in [1.82, 2.24) is 15.5 Å². The quantitative estimate of drug-likeness (QED) is 0.654. The molecule has 5 nitrogen and oxygen atoms in total. The second kappa shape index (κ2) is 9.15. The Morgan fingerprint density at radius 2 is 1.89 bits per heavy atom. The highest BCUT2D eigenvalue weighted by molar-refractivity contribution is 5.74. The molecule has 0 aromatic carbocycles. The fourth-order valence-corrected chi connectivity index (χ4v) is 2.60. The highest BCUT2D eigenvalue weighted by atomic mass is 16.3. The number of carbonyl (C=O) groups excluding carboxylic acids is 1. The van der Waals surface area contributed by atoms with Crippen molar-refractivity contribution in [3.8, 4) is 0 Å². The van der Waals surface area contributed by atoms with Gasteiger partial charge in [0.1, 0.15) is 0 Å². The predicted molar refractivity (Wildman–Crippen MR) is 77.2 cm³/mol. The number of carbonyl (C=O) groups is 1. The number of urea groups is 1. The lowest BCUT2D eigenvalue weighted by molar-refractivity contribution is 0.181. The van der Waals surface area contributed by atoms with E-state index in [4.69, 9.17) is 0 Å². The van der Waals surface area contributed by atoms with E-state index in [1.165, 1.54) is 19.3 Å². The van der Waals surface area contributed by atoms with Crippen LogP contribution in [-0.2, 0) is 0 Å². The van der Waals surface area contributed by atoms with Gasteiger partial charge in [-0.25, -0.2) is 4.79 Å². The van der Waals surface area contributed by atoms with E-state index in [0.717, 1.165) is 25.9 Å². The van der Waals surface area contributed by atoms with Gasteiger partial charge in [0, 0.05) is 12.6 Å². The number of rotatable bonds is 7. The van der Waals surface area contributed by atoms with Gasteiger partial charge >= 0.3 is 6.03 Å². The van der Waals surface area contributed by atoms with E-state index >= 15 is 0 Å². The van der Waals surface area contributed by atoms with Crippen molar-refractivity contribution in [2.75, 3.05) is 26.2 Å². The zero-order valence-electron chi connectivity index (χ0n) is 12.3. The molecule has 0 saturated heterocycles. The lowest BCUT2D eigenvalue weighted by Gasteiger charge is -2.27. The average molecular weight is 271 g/mol. The van der Waals surface area contributed by atoms with E-state index in [9.17, 15) is 9.90 Å². The van der Waals surface area contributed by atoms with E-state index in [0.29, 0.717) is 12.6 Å². The first-order valence-corrected chi connectivity index (χ1v) is 7.59. The summed E-state index contributed by atoms with van der Waals surface area (Å²) in [4.78, 5) is 14.1. The third-order valence-electron chi connectivity index (χ3n) is 3.87. The molecule has 1 aliphatic carbocycles. The Labute approximate surface area is 116 Å². The molecule has 1 rings (SSSR count). The largest absolute Gasteiger partial charge is 0.394 e. The number of amides is 2. The number of aliphatic hydroxyl groups is 1. The van der Waals surface area contributed by atoms with Gasteiger partial charge in [-0.05, 0) is 25.9 Å². The van der Waals surface area contributed by atoms with Gasteiger partial charge < -0.3 is 20.6 Å². The van der Waals surface area contributed by atoms with Crippen molar-refractivity contribution in [2.24, 2.45) is 0 Å². The Kier molecular flexibility index (Phi) is 7.82. The van der Waals surface area contributed by atoms with Crippen LogP contribution in [0.2, 0.25) is 0 Å². The molecule has 0 radical (unpaired) electrons. The van der Waals surface area contributed by atoms with Gasteiger partial charge in [0.05, 0.1) is 12.6 Å². The van der Waals surface area contributed by atoms with Crippen molar-refractivity contribution in [3.63, 3.8) is 0 Å². The molecule has 0 aliphatic heterocycles. The molecule has 0 spiro atoms. The molecule has 1 atom stereocenters. The second-order valence-electron chi connectivity index (χ2n) is 5.32. The summed E-state index contributed by atoms with van der Waals surface area (Å²) in [5.41, 5.74) is 0. The van der Waals surface area contributed by atoms with Crippen molar-refractivity contribution in [3.05, 3.63) is 0 Å². The van der Waals surface area contributed by atoms with E-state index in [1.54, 1.807) is 0 Å². The molecule has 0 bridgehead atoms. The van der Waals surface area contributed by atoms with Gasteiger partial charge in [0.2, 0.25) is 0 Å². The molecule has 1 unspecified atom stereocenters. The molecule has 112 valence electrons. The predicted octanol–water partition coefficient (Wildman–Crippen LogP) is 1.32. The van der Waals surface area contributed by atoms with Crippen molar-refractivity contribution in [2.45, 2.75) is 58.0 Å². The minimum absolute atomic E-state index is 0.0193. The van der Waals surface area contributed by atoms with Crippen LogP contribution >= 0.6 is 0 Å². The third-order valence-corrected chi connectivity index (χ3v) is 3.87. The van der Waals surface area contributed by atoms with Crippen LogP contribution in [0.15, 0.2) is 0 Å². The number of hydrogen-bond acceptors (Lipinski definition) is 3. The lowest BCUT2D eigenvalue weighted by atomic mass is 9.96. The lowest BCUT2D eigenvalue weighted by Crippen LogP contribution is -2.51. The Hall–Kier alpha value is -0.810. The maximum Gasteiger partial charge on any atom is 0.315 e. The van der Waals surface area contributed by atoms with Crippen LogP contribution in [-0.4, -0.2) is 54.4 Å². The molecule has 1 saturated carbocycles. The van der Waals surface area contributed by atoms with E-state index in [2.05, 4.69) is 29.4 Å². The standard InChI is InChI=1S/C14H29N3O2/c1-3-17(4-2)10-13(11-18)16-14(19)15-12-8-6-5-7-9-12/h12-13,18H,3-11H2,1-2H3,(H2,15,16,19). The smallest absolute Gasteiger partial charge is 0.315 e. The van der Waals surface area contributed by atoms with Gasteiger partial charge in [0.15, 0.2) is 0 Å². The molecule has 0 aromatic heterocycles. The van der Waals surface area contributed by atoms with Crippen LogP contribution in [0, 0.1) is 0 Å². The minimum Gasteiger partial charge on any atom is -0.394 e. The monoisotopic (exact) mass is 271 g/mol. The zero-order valence-corrected chi connectivity index (χ0v) is 12.3. The summed E-state index contributed by atoms with van der Waals surface area (Å²) < 4.78 is 0. The number of nitrogens with zero attached hydrogens (tertiary/aromatic N) is 1. The summed E-state index contributed by atoms with van der Waals surface area (Å²) >= 11 is 0. The average Bonchev–Trinajstić information content (AvgIpc) is 2.44. The molecule has 19 heavy (non-hydrogen) atoms. The minimum atomic E-state index is -0.191. The second-order valence-corrected chi connectivity index (χ2v) is 5.32. The molecule has 5 heteroatoms. The van der Waals surface area contributed by atoms with Crippen molar-refractivity contribution in [1.29, 1.82) is 0 Å². The Morgan fingerprint density at radius 3 is 2.42 bits per heavy atom. The van der Waals surface area contributed by atoms with Gasteiger partial charge in [-0.2, -0.15) is 0 Å². The van der Waals surface area contributed by atoms with E-state index in [-0.39, 0.29) is 18.7 Å². The fourth-order valence-electron chi connectivity index (χ4n) is 2.60. The Bertz CT molecular complexity index is 251. The number of aliphatic hydroxyl groups excluding tert-OH is 1. The fraction of sp³-hybridized carbons (Fsp3) is 0.929. The van der Waals surface area contributed by atoms with Crippen molar-refractivity contribution < 1.29 is 9.90 Å². The summed E-state index contributed by atoms with van der Waals surface area (Å²) in [5.74, 6) is 0. The van der Waals surface area contributed by atoms with Crippen LogP contribution in [0.4, 0.5) is 4.79 Å². The highest BCUT2D eigenvalue weighted by Crippen LogP contribution is 2.17. The normalized spacial score (nSPS) is 18.3. The van der Waals surface area contributed by atoms with Crippen molar-refractivity contribution >= 4 is 6.03 Å². The summed E-state index contributed by atoms with van der Waals surface area (Å²) in [6, 6.07) is -0.0249. The van der Waals surface area contributed by atoms with Crippen LogP contribution in [0.25, 0.3) is 0 Å². The van der Waals surface area contributed by atoms with Crippen LogP contribution < -0.4 is 10.6 Å². The maximum absolute atomic E-state index is 11.9. The van der Waals surface area contributed by atoms with E-state index < -0.39 is 0 Å². The summed E-state index contributed by atoms with van der Waals surface area (Å²) in [7, 11) is 0. The Morgan fingerprint density at radius 1 is 1.26 bits per heavy atom. The molecule has 1 fully saturated rings. The molecule has 0 aromatic rings. The summed E-state index contributed by atoms with van der Waals surface area (Å²) in [6.07, 6.45) is 5.84. The van der Waals surface area contributed by atoms with Crippen LogP contribution in [0.1, 0.15) is 46.0 Å². The first-order valence-electron chi connectivity index (χ1n) is 7.59. The van der Waals surface area contributed by atoms with Gasteiger partial charge in [0.25, 0.3) is 0 Å². The van der Waals surface area contributed by atoms with E-state index in [1.807, 2.05) is 0 Å². The number of hydrogen-bond donors (Lipinski definition) is 3. The Balaban J connectivity index is 2.30. The highest BCUT2D eigenvalue weighted by Gasteiger charge is 2.18. The molecular weight excluding hydrogens is 242 g/mol. The first-order chi connectivity index (χ1) is 9.19. The topological polar surface area (TPSA) is 64.6 Å². The molecular formula is C14H29N3O2. The molecule has 3 N–H and O–H groups in total. The molecule has 0 heterocycles. The van der Waals surface area contributed by atoms with Crippen LogP contribution in [0.3, 0.4) is 0 Å². The van der Waals surface area contributed by atoms with Crippen LogP contribution in [0.5, 0.6) is 0 Å². The zero-order chi connectivity index (χ0) is 14.1. The number of nitrogens with one attached hydrogen (secondary N) is 2. The third kappa shape index (κ3) is 6.25. The first kappa shape index (κ1) is 16.2. The summed E-state index contributed by atoms with van der Waals surface area (Å²) in [6.45, 7) is 6.70. The SMILES string of the molecule is CCN(CC)CC(CO)NC(=O)NC1CCCCC1. The van der Waals surface area contributed by atoms with Gasteiger partial charge in [-0.15, -0.1) is 0 Å². The number of likely N-dealkylation sites (N-methyl/N-ethyl adjacent to an activating group) is 1. The molecule has 2 amide bonds. The van der Waals surface area contributed by atoms with Gasteiger partial charge in [-0.3, -0.25) is 0 Å². The molecule has 1 aliphatic rings. The summed E-state index contributed by atoms with van der Waals surface area (Å²) in [5, 5.41) is 15.2. The maximum atomic E-state index is 11.9.